The maximum atomic E-state index is 14.1. The van der Waals surface area contributed by atoms with E-state index >= 15 is 0 Å². The highest BCUT2D eigenvalue weighted by atomic mass is 35.5. The summed E-state index contributed by atoms with van der Waals surface area (Å²) in [6.07, 6.45) is 0.414. The van der Waals surface area contributed by atoms with E-state index < -0.39 is 47.1 Å². The second-order valence-electron chi connectivity index (χ2n) is 12.0. The molecule has 1 saturated heterocycles. The normalized spacial score (nSPS) is 21.1. The SMILES string of the molecule is C[C@H](NC(=O)c1ccc(F)c(Cl)c1)C(=O)N(C)[C@@H](CC(C)(C)C)C(=O)N1C[C@]2(C[C@H]1C#N)C(=O)Nc1ccccc12. The van der Waals surface area contributed by atoms with Crippen LogP contribution >= 0.6 is 11.6 Å². The first-order valence-electron chi connectivity index (χ1n) is 13.3. The third-order valence-corrected chi connectivity index (χ3v) is 8.01. The first kappa shape index (κ1) is 30.0. The molecule has 0 bridgehead atoms. The minimum Gasteiger partial charge on any atom is -0.341 e. The number of nitrogens with zero attached hydrogens (tertiary/aromatic N) is 3. The zero-order chi connectivity index (χ0) is 30.3. The molecule has 2 aromatic carbocycles. The Morgan fingerprint density at radius 1 is 1.27 bits per heavy atom. The number of fused-ring (bicyclic) bond motifs is 2. The summed E-state index contributed by atoms with van der Waals surface area (Å²) in [5.41, 5.74) is 0.0430. The lowest BCUT2D eigenvalue weighted by molar-refractivity contribution is -0.146. The Kier molecular flexibility index (Phi) is 8.14. The first-order valence-corrected chi connectivity index (χ1v) is 13.7. The molecule has 11 heteroatoms. The highest BCUT2D eigenvalue weighted by Crippen LogP contribution is 2.46. The van der Waals surface area contributed by atoms with E-state index in [1.165, 1.54) is 35.9 Å². The Morgan fingerprint density at radius 2 is 1.95 bits per heavy atom. The number of carbonyl (C=O) groups is 4. The Labute approximate surface area is 243 Å². The Morgan fingerprint density at radius 3 is 2.59 bits per heavy atom. The van der Waals surface area contributed by atoms with Crippen molar-refractivity contribution in [3.05, 3.63) is 64.4 Å². The van der Waals surface area contributed by atoms with Gasteiger partial charge in [0.1, 0.15) is 23.9 Å². The molecule has 2 heterocycles. The van der Waals surface area contributed by atoms with Gasteiger partial charge in [0.05, 0.1) is 16.5 Å². The van der Waals surface area contributed by atoms with Gasteiger partial charge in [-0.15, -0.1) is 0 Å². The Bertz CT molecular complexity index is 1450. The number of benzene rings is 2. The molecule has 0 radical (unpaired) electrons. The van der Waals surface area contributed by atoms with Gasteiger partial charge in [-0.2, -0.15) is 5.26 Å². The van der Waals surface area contributed by atoms with Crippen molar-refractivity contribution >= 4 is 40.9 Å². The number of halogens is 2. The van der Waals surface area contributed by atoms with Gasteiger partial charge in [0.25, 0.3) is 5.91 Å². The van der Waals surface area contributed by atoms with Gasteiger partial charge >= 0.3 is 0 Å². The van der Waals surface area contributed by atoms with E-state index in [-0.39, 0.29) is 41.3 Å². The summed E-state index contributed by atoms with van der Waals surface area (Å²) >= 11 is 5.79. The van der Waals surface area contributed by atoms with Crippen LogP contribution in [0, 0.1) is 22.6 Å². The van der Waals surface area contributed by atoms with Crippen LogP contribution in [0.15, 0.2) is 42.5 Å². The minimum absolute atomic E-state index is 0.00714. The number of carbonyl (C=O) groups excluding carboxylic acids is 4. The number of hydrogen-bond acceptors (Lipinski definition) is 5. The average Bonchev–Trinajstić information content (AvgIpc) is 3.44. The predicted molar refractivity (Wildman–Crippen MR) is 151 cm³/mol. The molecule has 0 aliphatic carbocycles. The number of nitrogens with one attached hydrogen (secondary N) is 2. The molecule has 2 N–H and O–H groups in total. The van der Waals surface area contributed by atoms with Gasteiger partial charge in [0.2, 0.25) is 17.7 Å². The lowest BCUT2D eigenvalue weighted by Crippen LogP contribution is -2.56. The highest BCUT2D eigenvalue weighted by Gasteiger charge is 2.56. The van der Waals surface area contributed by atoms with Crippen molar-refractivity contribution in [3.8, 4) is 6.07 Å². The summed E-state index contributed by atoms with van der Waals surface area (Å²) < 4.78 is 13.5. The molecule has 0 saturated carbocycles. The van der Waals surface area contributed by atoms with Crippen LogP contribution in [-0.2, 0) is 19.8 Å². The summed E-state index contributed by atoms with van der Waals surface area (Å²) in [5, 5.41) is 15.3. The van der Waals surface area contributed by atoms with Crippen molar-refractivity contribution in [2.24, 2.45) is 5.41 Å². The molecule has 4 atom stereocenters. The van der Waals surface area contributed by atoms with E-state index in [9.17, 15) is 28.8 Å². The lowest BCUT2D eigenvalue weighted by atomic mass is 9.80. The number of nitriles is 1. The van der Waals surface area contributed by atoms with E-state index in [4.69, 9.17) is 11.6 Å². The summed E-state index contributed by atoms with van der Waals surface area (Å²) in [5.74, 6) is -2.53. The molecule has 1 spiro atoms. The summed E-state index contributed by atoms with van der Waals surface area (Å²) in [6, 6.07) is 10.0. The van der Waals surface area contributed by atoms with E-state index in [1.807, 2.05) is 39.0 Å². The molecular formula is C30H33ClFN5O4. The number of likely N-dealkylation sites (N-methyl/N-ethyl adjacent to an activating group) is 1. The fourth-order valence-corrected chi connectivity index (χ4v) is 5.77. The van der Waals surface area contributed by atoms with Gasteiger partial charge in [-0.1, -0.05) is 50.6 Å². The van der Waals surface area contributed by atoms with Crippen molar-refractivity contribution in [3.63, 3.8) is 0 Å². The van der Waals surface area contributed by atoms with Crippen molar-refractivity contribution in [2.45, 2.75) is 64.1 Å². The molecule has 4 amide bonds. The third-order valence-electron chi connectivity index (χ3n) is 7.72. The fraction of sp³-hybridized carbons (Fsp3) is 0.433. The van der Waals surface area contributed by atoms with Gasteiger partial charge in [-0.25, -0.2) is 4.39 Å². The topological polar surface area (TPSA) is 123 Å². The predicted octanol–water partition coefficient (Wildman–Crippen LogP) is 3.88. The largest absolute Gasteiger partial charge is 0.341 e. The number of para-hydroxylation sites is 1. The van der Waals surface area contributed by atoms with Crippen LogP contribution in [0.2, 0.25) is 5.02 Å². The number of hydrogen-bond donors (Lipinski definition) is 2. The number of likely N-dealkylation sites (tertiary alicyclic amines) is 1. The second-order valence-corrected chi connectivity index (χ2v) is 12.4. The number of amides is 4. The van der Waals surface area contributed by atoms with Crippen molar-refractivity contribution < 1.29 is 23.6 Å². The van der Waals surface area contributed by atoms with E-state index in [0.717, 1.165) is 11.6 Å². The molecule has 0 aromatic heterocycles. The molecule has 2 aliphatic rings. The maximum absolute atomic E-state index is 14.1. The number of anilines is 1. The maximum Gasteiger partial charge on any atom is 0.251 e. The van der Waals surface area contributed by atoms with Crippen LogP contribution in [0.1, 0.15) is 56.5 Å². The fourth-order valence-electron chi connectivity index (χ4n) is 5.59. The van der Waals surface area contributed by atoms with Gasteiger partial charge in [0, 0.05) is 31.3 Å². The Hall–Kier alpha value is -3.97. The van der Waals surface area contributed by atoms with Crippen LogP contribution < -0.4 is 10.6 Å². The molecule has 2 aromatic rings. The molecule has 2 aliphatic heterocycles. The molecule has 4 rings (SSSR count). The lowest BCUT2D eigenvalue weighted by Gasteiger charge is -2.36. The van der Waals surface area contributed by atoms with E-state index in [1.54, 1.807) is 6.07 Å². The van der Waals surface area contributed by atoms with Gasteiger partial charge < -0.3 is 20.4 Å². The minimum atomic E-state index is -1.06. The molecule has 41 heavy (non-hydrogen) atoms. The second kappa shape index (κ2) is 11.1. The highest BCUT2D eigenvalue weighted by molar-refractivity contribution is 6.31. The summed E-state index contributed by atoms with van der Waals surface area (Å²) in [4.78, 5) is 56.3. The van der Waals surface area contributed by atoms with Crippen molar-refractivity contribution in [2.75, 3.05) is 18.9 Å². The summed E-state index contributed by atoms with van der Waals surface area (Å²) in [7, 11) is 1.48. The third kappa shape index (κ3) is 5.77. The van der Waals surface area contributed by atoms with Gasteiger partial charge in [-0.05, 0) is 48.6 Å². The average molecular weight is 582 g/mol. The standard InChI is InChI=1S/C30H33ClFN5O4/c1-17(34-25(38)18-10-11-22(32)21(31)12-18)26(39)36(5)24(14-29(2,3)4)27(40)37-16-30(13-19(37)15-33)20-8-6-7-9-23(20)35-28(30)41/h6-12,17,19,24H,13-14,16H2,1-5H3,(H,34,38)(H,35,41)/t17-,19-,24-,30-/m0/s1. The van der Waals surface area contributed by atoms with Gasteiger partial charge in [0.15, 0.2) is 0 Å². The van der Waals surface area contributed by atoms with Crippen LogP contribution in [0.25, 0.3) is 0 Å². The monoisotopic (exact) mass is 581 g/mol. The van der Waals surface area contributed by atoms with Crippen LogP contribution in [0.5, 0.6) is 0 Å². The molecule has 216 valence electrons. The zero-order valence-corrected chi connectivity index (χ0v) is 24.4. The Balaban J connectivity index is 1.58. The summed E-state index contributed by atoms with van der Waals surface area (Å²) in [6.45, 7) is 7.30. The van der Waals surface area contributed by atoms with E-state index in [0.29, 0.717) is 5.69 Å². The van der Waals surface area contributed by atoms with Crippen LogP contribution in [0.3, 0.4) is 0 Å². The van der Waals surface area contributed by atoms with E-state index in [2.05, 4.69) is 16.7 Å². The first-order chi connectivity index (χ1) is 19.2. The zero-order valence-electron chi connectivity index (χ0n) is 23.6. The van der Waals surface area contributed by atoms with Crippen molar-refractivity contribution in [1.29, 1.82) is 5.26 Å². The molecule has 0 unspecified atom stereocenters. The number of rotatable bonds is 6. The van der Waals surface area contributed by atoms with Crippen molar-refractivity contribution in [1.82, 2.24) is 15.1 Å². The molecule has 9 nitrogen and oxygen atoms in total. The molecular weight excluding hydrogens is 549 g/mol. The van der Waals surface area contributed by atoms with Gasteiger partial charge in [-0.3, -0.25) is 19.2 Å². The smallest absolute Gasteiger partial charge is 0.251 e. The quantitative estimate of drug-likeness (QED) is 0.536. The van der Waals surface area contributed by atoms with Crippen LogP contribution in [-0.4, -0.2) is 65.1 Å². The van der Waals surface area contributed by atoms with Crippen LogP contribution in [0.4, 0.5) is 10.1 Å². The molecule has 1 fully saturated rings.